The zero-order chi connectivity index (χ0) is 16.8. The van der Waals surface area contributed by atoms with Gasteiger partial charge in [-0.15, -0.1) is 0 Å². The van der Waals surface area contributed by atoms with Gasteiger partial charge in [-0.05, 0) is 30.7 Å². The summed E-state index contributed by atoms with van der Waals surface area (Å²) in [6.45, 7) is 5.26. The molecule has 7 heteroatoms. The van der Waals surface area contributed by atoms with Gasteiger partial charge in [-0.25, -0.2) is 14.8 Å². The topological polar surface area (TPSA) is 79.4 Å². The first kappa shape index (κ1) is 16.2. The maximum atomic E-state index is 12.0. The lowest BCUT2D eigenvalue weighted by Crippen LogP contribution is -2.37. The lowest BCUT2D eigenvalue weighted by atomic mass is 10.2. The van der Waals surface area contributed by atoms with Gasteiger partial charge in [0, 0.05) is 25.0 Å². The van der Waals surface area contributed by atoms with Gasteiger partial charge >= 0.3 is 6.03 Å². The van der Waals surface area contributed by atoms with Crippen LogP contribution < -0.4 is 15.5 Å². The number of aromatic nitrogens is 2. The summed E-state index contributed by atoms with van der Waals surface area (Å²) in [4.78, 5) is 22.9. The highest BCUT2D eigenvalue weighted by atomic mass is 16.5. The Morgan fingerprint density at radius 3 is 2.92 bits per heavy atom. The van der Waals surface area contributed by atoms with Crippen molar-refractivity contribution >= 4 is 17.7 Å². The van der Waals surface area contributed by atoms with E-state index in [0.29, 0.717) is 25.7 Å². The highest BCUT2D eigenvalue weighted by molar-refractivity contribution is 5.89. The molecule has 126 valence electrons. The standard InChI is InChI=1S/C17H21N5O2/c1-13-3-2-4-14(11-13)21-17(23)19-12-15-5-6-18-16(20-15)22-7-9-24-10-8-22/h2-6,11H,7-10,12H2,1H3,(H2,19,21,23). The van der Waals surface area contributed by atoms with E-state index in [9.17, 15) is 4.79 Å². The number of nitrogens with one attached hydrogen (secondary N) is 2. The van der Waals surface area contributed by atoms with Gasteiger partial charge in [-0.3, -0.25) is 0 Å². The zero-order valence-corrected chi connectivity index (χ0v) is 13.7. The molecule has 3 rings (SSSR count). The lowest BCUT2D eigenvalue weighted by molar-refractivity contribution is 0.122. The minimum Gasteiger partial charge on any atom is -0.378 e. The second-order valence-electron chi connectivity index (χ2n) is 5.62. The highest BCUT2D eigenvalue weighted by Gasteiger charge is 2.14. The molecule has 2 amide bonds. The number of benzene rings is 1. The van der Waals surface area contributed by atoms with Crippen LogP contribution in [-0.2, 0) is 11.3 Å². The van der Waals surface area contributed by atoms with Gasteiger partial charge in [0.25, 0.3) is 0 Å². The van der Waals surface area contributed by atoms with Crippen LogP contribution in [0.5, 0.6) is 0 Å². The van der Waals surface area contributed by atoms with Gasteiger partial charge in [0.15, 0.2) is 0 Å². The molecule has 2 heterocycles. The molecule has 24 heavy (non-hydrogen) atoms. The van der Waals surface area contributed by atoms with E-state index in [1.807, 2.05) is 31.2 Å². The van der Waals surface area contributed by atoms with Crippen LogP contribution in [0.15, 0.2) is 36.5 Å². The molecule has 2 N–H and O–H groups in total. The van der Waals surface area contributed by atoms with Crippen molar-refractivity contribution in [1.29, 1.82) is 0 Å². The van der Waals surface area contributed by atoms with Crippen LogP contribution >= 0.6 is 0 Å². The fourth-order valence-corrected chi connectivity index (χ4v) is 2.47. The number of hydrogen-bond donors (Lipinski definition) is 2. The Morgan fingerprint density at radius 1 is 1.29 bits per heavy atom. The maximum Gasteiger partial charge on any atom is 0.319 e. The van der Waals surface area contributed by atoms with Crippen molar-refractivity contribution in [2.45, 2.75) is 13.5 Å². The van der Waals surface area contributed by atoms with E-state index in [0.717, 1.165) is 30.0 Å². The quantitative estimate of drug-likeness (QED) is 0.897. The molecule has 7 nitrogen and oxygen atoms in total. The minimum absolute atomic E-state index is 0.257. The number of rotatable bonds is 4. The predicted octanol–water partition coefficient (Wildman–Crippen LogP) is 1.94. The van der Waals surface area contributed by atoms with E-state index in [4.69, 9.17) is 4.74 Å². The van der Waals surface area contributed by atoms with E-state index in [1.54, 1.807) is 12.3 Å². The number of morpholine rings is 1. The van der Waals surface area contributed by atoms with Crippen molar-refractivity contribution in [3.8, 4) is 0 Å². The Hall–Kier alpha value is -2.67. The Labute approximate surface area is 141 Å². The minimum atomic E-state index is -0.257. The Bertz CT molecular complexity index is 701. The third-order valence-electron chi connectivity index (χ3n) is 3.70. The van der Waals surface area contributed by atoms with Crippen molar-refractivity contribution < 1.29 is 9.53 Å². The second kappa shape index (κ2) is 7.74. The van der Waals surface area contributed by atoms with E-state index < -0.39 is 0 Å². The second-order valence-corrected chi connectivity index (χ2v) is 5.62. The van der Waals surface area contributed by atoms with Crippen LogP contribution in [0.4, 0.5) is 16.4 Å². The molecule has 0 radical (unpaired) electrons. The molecule has 0 bridgehead atoms. The Balaban J connectivity index is 1.55. The zero-order valence-electron chi connectivity index (χ0n) is 13.7. The van der Waals surface area contributed by atoms with Crippen LogP contribution in [0, 0.1) is 6.92 Å². The number of nitrogens with zero attached hydrogens (tertiary/aromatic N) is 3. The van der Waals surface area contributed by atoms with Crippen molar-refractivity contribution in [3.05, 3.63) is 47.8 Å². The first-order chi connectivity index (χ1) is 11.7. The van der Waals surface area contributed by atoms with Gasteiger partial charge in [0.2, 0.25) is 5.95 Å². The van der Waals surface area contributed by atoms with Gasteiger partial charge in [-0.2, -0.15) is 0 Å². The number of anilines is 2. The van der Waals surface area contributed by atoms with E-state index in [-0.39, 0.29) is 6.03 Å². The van der Waals surface area contributed by atoms with Crippen molar-refractivity contribution in [2.75, 3.05) is 36.5 Å². The molecule has 0 unspecified atom stereocenters. The van der Waals surface area contributed by atoms with Crippen LogP contribution in [-0.4, -0.2) is 42.3 Å². The van der Waals surface area contributed by atoms with E-state index in [1.165, 1.54) is 0 Å². The molecule has 1 saturated heterocycles. The van der Waals surface area contributed by atoms with Gasteiger partial charge < -0.3 is 20.3 Å². The summed E-state index contributed by atoms with van der Waals surface area (Å²) < 4.78 is 5.33. The molecule has 0 atom stereocenters. The number of ether oxygens (including phenoxy) is 1. The Morgan fingerprint density at radius 2 is 2.12 bits per heavy atom. The average Bonchev–Trinajstić information content (AvgIpc) is 2.61. The number of aryl methyl sites for hydroxylation is 1. The summed E-state index contributed by atoms with van der Waals surface area (Å²) in [5.41, 5.74) is 2.63. The van der Waals surface area contributed by atoms with E-state index >= 15 is 0 Å². The lowest BCUT2D eigenvalue weighted by Gasteiger charge is -2.26. The van der Waals surface area contributed by atoms with Crippen molar-refractivity contribution in [2.24, 2.45) is 0 Å². The van der Waals surface area contributed by atoms with Gasteiger partial charge in [-0.1, -0.05) is 12.1 Å². The molecule has 0 spiro atoms. The van der Waals surface area contributed by atoms with E-state index in [2.05, 4.69) is 25.5 Å². The third kappa shape index (κ3) is 4.42. The number of urea groups is 1. The fourth-order valence-electron chi connectivity index (χ4n) is 2.47. The third-order valence-corrected chi connectivity index (χ3v) is 3.70. The molecule has 1 aromatic carbocycles. The predicted molar refractivity (Wildman–Crippen MR) is 92.1 cm³/mol. The molecule has 1 aromatic heterocycles. The smallest absolute Gasteiger partial charge is 0.319 e. The normalized spacial score (nSPS) is 14.3. The summed E-state index contributed by atoms with van der Waals surface area (Å²) in [6.07, 6.45) is 1.72. The fraction of sp³-hybridized carbons (Fsp3) is 0.353. The first-order valence-electron chi connectivity index (χ1n) is 7.97. The number of hydrogen-bond acceptors (Lipinski definition) is 5. The summed E-state index contributed by atoms with van der Waals surface area (Å²) in [5, 5.41) is 5.62. The molecule has 0 aliphatic carbocycles. The van der Waals surface area contributed by atoms with Crippen LogP contribution in [0.2, 0.25) is 0 Å². The van der Waals surface area contributed by atoms with Crippen LogP contribution in [0.3, 0.4) is 0 Å². The van der Waals surface area contributed by atoms with Gasteiger partial charge in [0.1, 0.15) is 0 Å². The molecular weight excluding hydrogens is 306 g/mol. The molecule has 2 aromatic rings. The largest absolute Gasteiger partial charge is 0.378 e. The monoisotopic (exact) mass is 327 g/mol. The molecule has 1 aliphatic heterocycles. The van der Waals surface area contributed by atoms with Crippen molar-refractivity contribution in [3.63, 3.8) is 0 Å². The number of carbonyl (C=O) groups excluding carboxylic acids is 1. The molecule has 1 fully saturated rings. The molecule has 1 aliphatic rings. The first-order valence-corrected chi connectivity index (χ1v) is 7.97. The van der Waals surface area contributed by atoms with Crippen LogP contribution in [0.25, 0.3) is 0 Å². The average molecular weight is 327 g/mol. The molecule has 0 saturated carbocycles. The highest BCUT2D eigenvalue weighted by Crippen LogP contribution is 2.11. The van der Waals surface area contributed by atoms with Crippen LogP contribution in [0.1, 0.15) is 11.3 Å². The SMILES string of the molecule is Cc1cccc(NC(=O)NCc2ccnc(N3CCOCC3)n2)c1. The Kier molecular flexibility index (Phi) is 5.22. The maximum absolute atomic E-state index is 12.0. The van der Waals surface area contributed by atoms with Crippen molar-refractivity contribution in [1.82, 2.24) is 15.3 Å². The summed E-state index contributed by atoms with van der Waals surface area (Å²) in [7, 11) is 0. The molecular formula is C17H21N5O2. The number of carbonyl (C=O) groups is 1. The summed E-state index contributed by atoms with van der Waals surface area (Å²) >= 11 is 0. The summed E-state index contributed by atoms with van der Waals surface area (Å²) in [6, 6.07) is 9.21. The number of amides is 2. The summed E-state index contributed by atoms with van der Waals surface area (Å²) in [5.74, 6) is 0.677. The van der Waals surface area contributed by atoms with Gasteiger partial charge in [0.05, 0.1) is 25.5 Å².